The number of halogens is 2. The number of hydrogen-bond acceptors (Lipinski definition) is 8. The molecule has 0 bridgehead atoms. The predicted molar refractivity (Wildman–Crippen MR) is 123 cm³/mol. The maximum atomic E-state index is 13.6. The maximum absolute atomic E-state index is 13.6. The minimum Gasteiger partial charge on any atom is -0.395 e. The Balaban J connectivity index is 1.24. The fourth-order valence-electron chi connectivity index (χ4n) is 5.06. The summed E-state index contributed by atoms with van der Waals surface area (Å²) in [5, 5.41) is 6.23. The van der Waals surface area contributed by atoms with E-state index in [1.54, 1.807) is 6.07 Å². The van der Waals surface area contributed by atoms with Crippen molar-refractivity contribution in [1.29, 1.82) is 0 Å². The van der Waals surface area contributed by atoms with Crippen LogP contribution in [0.4, 0.5) is 14.7 Å². The second-order valence-corrected chi connectivity index (χ2v) is 10.5. The minimum atomic E-state index is -3.73. The summed E-state index contributed by atoms with van der Waals surface area (Å²) in [6, 6.07) is 3.05. The van der Waals surface area contributed by atoms with Gasteiger partial charge < -0.3 is 15.2 Å². The van der Waals surface area contributed by atoms with Crippen LogP contribution in [0, 0.1) is 18.8 Å². The lowest BCUT2D eigenvalue weighted by Crippen LogP contribution is -2.26. The molecular weight excluding hydrogens is 462 g/mol. The summed E-state index contributed by atoms with van der Waals surface area (Å²) in [7, 11) is 0. The van der Waals surface area contributed by atoms with Crippen molar-refractivity contribution in [3.8, 4) is 11.5 Å². The largest absolute Gasteiger partial charge is 0.586 e. The molecule has 4 heterocycles. The van der Waals surface area contributed by atoms with E-state index in [1.165, 1.54) is 34.0 Å². The topological polar surface area (TPSA) is 100 Å². The molecule has 11 heteroatoms. The van der Waals surface area contributed by atoms with Crippen molar-refractivity contribution in [2.24, 2.45) is 11.8 Å². The molecule has 8 nitrogen and oxygen atoms in total. The monoisotopic (exact) mass is 486 g/mol. The molecule has 0 fully saturated rings. The number of hydrogen-bond donors (Lipinski definition) is 1. The van der Waals surface area contributed by atoms with E-state index in [2.05, 4.69) is 38.4 Å². The van der Waals surface area contributed by atoms with Crippen LogP contribution in [0.15, 0.2) is 12.1 Å². The zero-order valence-electron chi connectivity index (χ0n) is 18.8. The van der Waals surface area contributed by atoms with Gasteiger partial charge in [-0.1, -0.05) is 6.92 Å². The first-order valence-corrected chi connectivity index (χ1v) is 12.3. The third-order valence-corrected chi connectivity index (χ3v) is 7.86. The quantitative estimate of drug-likeness (QED) is 0.417. The smallest absolute Gasteiger partial charge is 0.395 e. The Hall–Kier alpha value is -3.08. The summed E-state index contributed by atoms with van der Waals surface area (Å²) in [6.45, 7) is 4.38. The minimum absolute atomic E-state index is 0.0541. The molecule has 6 rings (SSSR count). The van der Waals surface area contributed by atoms with Crippen LogP contribution in [0.25, 0.3) is 16.6 Å². The Labute approximate surface area is 198 Å². The fraction of sp³-hybridized carbons (Fsp3) is 0.478. The van der Waals surface area contributed by atoms with E-state index >= 15 is 0 Å². The fourth-order valence-corrected chi connectivity index (χ4v) is 6.14. The van der Waals surface area contributed by atoms with Crippen molar-refractivity contribution in [3.05, 3.63) is 33.5 Å². The Morgan fingerprint density at radius 2 is 2.12 bits per heavy atom. The molecule has 1 aromatic carbocycles. The van der Waals surface area contributed by atoms with Gasteiger partial charge in [-0.15, -0.1) is 25.2 Å². The molecule has 0 saturated heterocycles. The van der Waals surface area contributed by atoms with Gasteiger partial charge in [0.1, 0.15) is 5.52 Å². The molecule has 0 radical (unpaired) electrons. The van der Waals surface area contributed by atoms with Gasteiger partial charge in [0, 0.05) is 16.7 Å². The first-order chi connectivity index (χ1) is 16.3. The van der Waals surface area contributed by atoms with Gasteiger partial charge in [-0.25, -0.2) is 15.0 Å². The highest BCUT2D eigenvalue weighted by Crippen LogP contribution is 2.45. The number of anilines is 1. The van der Waals surface area contributed by atoms with E-state index in [4.69, 9.17) is 10.7 Å². The van der Waals surface area contributed by atoms with E-state index < -0.39 is 6.29 Å². The first kappa shape index (κ1) is 21.5. The number of aryl methyl sites for hydroxylation is 3. The SMILES string of the molecule is Cc1nc2c(s1)CC(C(C)CCc1nc3c4ccc5c(c4nc(N)n3n1)OC(F)(F)O5)CCC2. The van der Waals surface area contributed by atoms with Crippen LogP contribution < -0.4 is 15.2 Å². The normalized spacial score (nSPS) is 19.9. The first-order valence-electron chi connectivity index (χ1n) is 11.5. The van der Waals surface area contributed by atoms with Crippen LogP contribution in [0.1, 0.15) is 47.6 Å². The molecule has 2 unspecified atom stereocenters. The summed E-state index contributed by atoms with van der Waals surface area (Å²) < 4.78 is 37.8. The standard InChI is InChI=1S/C23H24F2N6O2S/c1-11(13-4-3-5-15-17(10-13)34-12(2)27-15)6-9-18-28-21-14-7-8-16-20(33-23(24,25)32-16)19(14)29-22(26)31(21)30-18/h7-8,11,13H,3-6,9-10H2,1-2H3,(H2,26,29). The second kappa shape index (κ2) is 7.72. The van der Waals surface area contributed by atoms with Crippen molar-refractivity contribution in [1.82, 2.24) is 24.6 Å². The van der Waals surface area contributed by atoms with Crippen molar-refractivity contribution in [2.75, 3.05) is 5.73 Å². The molecule has 0 spiro atoms. The van der Waals surface area contributed by atoms with Gasteiger partial charge in [0.25, 0.3) is 0 Å². The van der Waals surface area contributed by atoms with Crippen molar-refractivity contribution in [2.45, 2.75) is 58.7 Å². The Kier molecular flexibility index (Phi) is 4.87. The summed E-state index contributed by atoms with van der Waals surface area (Å²) in [5.74, 6) is 1.60. The summed E-state index contributed by atoms with van der Waals surface area (Å²) in [6.07, 6.45) is 2.42. The Morgan fingerprint density at radius 3 is 2.97 bits per heavy atom. The number of benzene rings is 1. The summed E-state index contributed by atoms with van der Waals surface area (Å²) in [4.78, 5) is 15.1. The molecule has 2 aliphatic rings. The highest BCUT2D eigenvalue weighted by Gasteiger charge is 2.45. The number of alkyl halides is 2. The molecular formula is C23H24F2N6O2S. The van der Waals surface area contributed by atoms with Gasteiger partial charge in [-0.05, 0) is 63.0 Å². The van der Waals surface area contributed by atoms with Gasteiger partial charge in [0.2, 0.25) is 5.95 Å². The second-order valence-electron chi connectivity index (χ2n) is 9.17. The summed E-state index contributed by atoms with van der Waals surface area (Å²) in [5.41, 5.74) is 8.03. The number of nitrogens with two attached hydrogens (primary N) is 1. The highest BCUT2D eigenvalue weighted by molar-refractivity contribution is 7.11. The lowest BCUT2D eigenvalue weighted by atomic mass is 9.85. The number of fused-ring (bicyclic) bond motifs is 6. The third-order valence-electron chi connectivity index (χ3n) is 6.83. The molecule has 2 atom stereocenters. The lowest BCUT2D eigenvalue weighted by Gasteiger charge is -2.21. The summed E-state index contributed by atoms with van der Waals surface area (Å²) >= 11 is 1.83. The molecule has 2 N–H and O–H groups in total. The van der Waals surface area contributed by atoms with Gasteiger partial charge in [0.05, 0.1) is 10.7 Å². The van der Waals surface area contributed by atoms with E-state index in [0.717, 1.165) is 24.3 Å². The van der Waals surface area contributed by atoms with Gasteiger partial charge in [-0.2, -0.15) is 4.52 Å². The Morgan fingerprint density at radius 1 is 1.26 bits per heavy atom. The number of aromatic nitrogens is 5. The molecule has 4 aromatic rings. The molecule has 1 aliphatic heterocycles. The van der Waals surface area contributed by atoms with Crippen LogP contribution in [-0.2, 0) is 19.3 Å². The number of rotatable bonds is 4. The zero-order chi connectivity index (χ0) is 23.6. The molecule has 3 aromatic heterocycles. The van der Waals surface area contributed by atoms with Crippen molar-refractivity contribution >= 4 is 33.8 Å². The van der Waals surface area contributed by atoms with Crippen LogP contribution >= 0.6 is 11.3 Å². The van der Waals surface area contributed by atoms with Crippen LogP contribution in [0.2, 0.25) is 0 Å². The van der Waals surface area contributed by atoms with Crippen molar-refractivity contribution in [3.63, 3.8) is 0 Å². The number of nitrogen functional groups attached to an aromatic ring is 1. The van der Waals surface area contributed by atoms with Gasteiger partial charge >= 0.3 is 6.29 Å². The van der Waals surface area contributed by atoms with E-state index in [0.29, 0.717) is 35.1 Å². The Bertz CT molecular complexity index is 1420. The average molecular weight is 487 g/mol. The average Bonchev–Trinajstić information content (AvgIpc) is 3.42. The lowest BCUT2D eigenvalue weighted by molar-refractivity contribution is -0.286. The van der Waals surface area contributed by atoms with Crippen LogP contribution in [0.3, 0.4) is 0 Å². The van der Waals surface area contributed by atoms with Crippen LogP contribution in [-0.4, -0.2) is 30.9 Å². The molecule has 178 valence electrons. The number of thiazole rings is 1. The van der Waals surface area contributed by atoms with Gasteiger partial charge in [0.15, 0.2) is 23.0 Å². The predicted octanol–water partition coefficient (Wildman–Crippen LogP) is 4.71. The third kappa shape index (κ3) is 3.62. The van der Waals surface area contributed by atoms with E-state index in [9.17, 15) is 8.78 Å². The number of nitrogens with zero attached hydrogens (tertiary/aromatic N) is 5. The zero-order valence-corrected chi connectivity index (χ0v) is 19.7. The van der Waals surface area contributed by atoms with Crippen molar-refractivity contribution < 1.29 is 18.3 Å². The van der Waals surface area contributed by atoms with Gasteiger partial charge in [-0.3, -0.25) is 0 Å². The molecule has 0 amide bonds. The van der Waals surface area contributed by atoms with Crippen LogP contribution in [0.5, 0.6) is 11.5 Å². The highest BCUT2D eigenvalue weighted by atomic mass is 32.1. The van der Waals surface area contributed by atoms with E-state index in [-0.39, 0.29) is 23.0 Å². The number of ether oxygens (including phenoxy) is 2. The molecule has 34 heavy (non-hydrogen) atoms. The molecule has 0 saturated carbocycles. The maximum Gasteiger partial charge on any atom is 0.586 e. The molecule has 1 aliphatic carbocycles. The van der Waals surface area contributed by atoms with E-state index in [1.807, 2.05) is 11.3 Å².